The molecule has 5 heteroatoms. The zero-order chi connectivity index (χ0) is 22.4. The van der Waals surface area contributed by atoms with Crippen molar-refractivity contribution in [2.24, 2.45) is 0 Å². The molecule has 1 amide bonds. The maximum atomic E-state index is 12.6. The molecule has 0 saturated heterocycles. The standard InChI is InChI=1S/C26H33N3O2/c1-18(29(2)3)17-24(27)25(30)21-13-15-23(16-14-21)28-26(31)22-11-9-20(10-12-22)19-7-5-4-6-8-19/h9-16,18-19,27H,4-8,17H2,1-3H3,(H,28,31). The number of carbonyl (C=O) groups is 2. The highest BCUT2D eigenvalue weighted by molar-refractivity contribution is 6.45. The van der Waals surface area contributed by atoms with Gasteiger partial charge < -0.3 is 15.6 Å². The third kappa shape index (κ3) is 6.11. The Labute approximate surface area is 185 Å². The van der Waals surface area contributed by atoms with Gasteiger partial charge in [0, 0.05) is 29.3 Å². The largest absolute Gasteiger partial charge is 0.322 e. The van der Waals surface area contributed by atoms with Crippen LogP contribution >= 0.6 is 0 Å². The summed E-state index contributed by atoms with van der Waals surface area (Å²) in [5.41, 5.74) is 3.14. The van der Waals surface area contributed by atoms with Crippen molar-refractivity contribution in [3.05, 3.63) is 65.2 Å². The van der Waals surface area contributed by atoms with E-state index in [0.29, 0.717) is 29.2 Å². The van der Waals surface area contributed by atoms with Crippen LogP contribution in [0.15, 0.2) is 48.5 Å². The maximum absolute atomic E-state index is 12.6. The van der Waals surface area contributed by atoms with Crippen LogP contribution < -0.4 is 5.32 Å². The van der Waals surface area contributed by atoms with E-state index in [4.69, 9.17) is 5.41 Å². The molecule has 0 spiro atoms. The van der Waals surface area contributed by atoms with E-state index in [2.05, 4.69) is 17.4 Å². The molecule has 0 bridgehead atoms. The molecule has 1 saturated carbocycles. The van der Waals surface area contributed by atoms with E-state index in [1.54, 1.807) is 24.3 Å². The second-order valence-corrected chi connectivity index (χ2v) is 8.81. The predicted molar refractivity (Wildman–Crippen MR) is 126 cm³/mol. The van der Waals surface area contributed by atoms with E-state index in [0.717, 1.165) is 0 Å². The summed E-state index contributed by atoms with van der Waals surface area (Å²) in [7, 11) is 3.87. The molecule has 1 fully saturated rings. The normalized spacial score (nSPS) is 15.5. The number of nitrogens with one attached hydrogen (secondary N) is 2. The van der Waals surface area contributed by atoms with Crippen LogP contribution in [-0.4, -0.2) is 42.4 Å². The first-order valence-electron chi connectivity index (χ1n) is 11.1. The van der Waals surface area contributed by atoms with Crippen LogP contribution in [0.3, 0.4) is 0 Å². The summed E-state index contributed by atoms with van der Waals surface area (Å²) in [5, 5.41) is 11.0. The number of anilines is 1. The lowest BCUT2D eigenvalue weighted by Crippen LogP contribution is -2.29. The first-order valence-corrected chi connectivity index (χ1v) is 11.1. The van der Waals surface area contributed by atoms with Gasteiger partial charge in [0.15, 0.2) is 0 Å². The second kappa shape index (κ2) is 10.5. The third-order valence-electron chi connectivity index (χ3n) is 6.31. The number of hydrogen-bond acceptors (Lipinski definition) is 4. The average molecular weight is 420 g/mol. The SMILES string of the molecule is CC(CC(=N)C(=O)c1ccc(NC(=O)c2ccc(C3CCCCC3)cc2)cc1)N(C)C. The molecule has 0 aromatic heterocycles. The Hall–Kier alpha value is -2.79. The van der Waals surface area contributed by atoms with Gasteiger partial charge in [-0.15, -0.1) is 0 Å². The van der Waals surface area contributed by atoms with Gasteiger partial charge in [0.1, 0.15) is 0 Å². The van der Waals surface area contributed by atoms with Gasteiger partial charge in [-0.3, -0.25) is 9.59 Å². The summed E-state index contributed by atoms with van der Waals surface area (Å²) in [5.74, 6) is 0.182. The van der Waals surface area contributed by atoms with Gasteiger partial charge in [-0.2, -0.15) is 0 Å². The van der Waals surface area contributed by atoms with E-state index < -0.39 is 0 Å². The van der Waals surface area contributed by atoms with Crippen LogP contribution in [0.1, 0.15) is 77.6 Å². The molecule has 1 unspecified atom stereocenters. The quantitative estimate of drug-likeness (QED) is 0.436. The van der Waals surface area contributed by atoms with Crippen molar-refractivity contribution in [1.29, 1.82) is 5.41 Å². The fourth-order valence-corrected chi connectivity index (χ4v) is 4.00. The molecule has 3 rings (SSSR count). The number of Topliss-reactive ketones (excluding diaryl/α,β-unsaturated/α-hetero) is 1. The van der Waals surface area contributed by atoms with Crippen molar-refractivity contribution in [1.82, 2.24) is 4.90 Å². The molecule has 1 atom stereocenters. The number of nitrogens with zero attached hydrogens (tertiary/aromatic N) is 1. The summed E-state index contributed by atoms with van der Waals surface area (Å²) in [6, 6.07) is 14.8. The Morgan fingerprint density at radius 3 is 2.13 bits per heavy atom. The van der Waals surface area contributed by atoms with Crippen LogP contribution in [0.25, 0.3) is 0 Å². The molecule has 0 aliphatic heterocycles. The minimum atomic E-state index is -0.273. The number of carbonyl (C=O) groups excluding carboxylic acids is 2. The smallest absolute Gasteiger partial charge is 0.255 e. The number of rotatable bonds is 8. The highest BCUT2D eigenvalue weighted by Gasteiger charge is 2.18. The molecule has 2 N–H and O–H groups in total. The van der Waals surface area contributed by atoms with Gasteiger partial charge in [0.05, 0.1) is 5.71 Å². The Bertz CT molecular complexity index is 911. The van der Waals surface area contributed by atoms with Gasteiger partial charge in [-0.05, 0) is 81.7 Å². The molecule has 1 aliphatic rings. The van der Waals surface area contributed by atoms with Gasteiger partial charge >= 0.3 is 0 Å². The molecule has 0 heterocycles. The van der Waals surface area contributed by atoms with Crippen molar-refractivity contribution in [3.8, 4) is 0 Å². The Morgan fingerprint density at radius 1 is 0.968 bits per heavy atom. The average Bonchev–Trinajstić information content (AvgIpc) is 2.79. The number of ketones is 1. The zero-order valence-electron chi connectivity index (χ0n) is 18.8. The van der Waals surface area contributed by atoms with E-state index in [1.807, 2.05) is 38.1 Å². The van der Waals surface area contributed by atoms with Crippen molar-refractivity contribution < 1.29 is 9.59 Å². The molecule has 1 aliphatic carbocycles. The minimum Gasteiger partial charge on any atom is -0.322 e. The highest BCUT2D eigenvalue weighted by atomic mass is 16.1. The van der Waals surface area contributed by atoms with E-state index in [1.165, 1.54) is 37.7 Å². The van der Waals surface area contributed by atoms with Crippen LogP contribution in [0.5, 0.6) is 0 Å². The van der Waals surface area contributed by atoms with Crippen LogP contribution in [-0.2, 0) is 0 Å². The summed E-state index contributed by atoms with van der Waals surface area (Å²) >= 11 is 0. The molecule has 31 heavy (non-hydrogen) atoms. The topological polar surface area (TPSA) is 73.3 Å². The van der Waals surface area contributed by atoms with Crippen LogP contribution in [0.2, 0.25) is 0 Å². The Morgan fingerprint density at radius 2 is 1.55 bits per heavy atom. The Kier molecular flexibility index (Phi) is 7.75. The van der Waals surface area contributed by atoms with Crippen LogP contribution in [0.4, 0.5) is 5.69 Å². The summed E-state index contributed by atoms with van der Waals surface area (Å²) in [4.78, 5) is 27.1. The highest BCUT2D eigenvalue weighted by Crippen LogP contribution is 2.32. The molecule has 2 aromatic carbocycles. The number of amides is 1. The predicted octanol–water partition coefficient (Wildman–Crippen LogP) is 5.53. The first kappa shape index (κ1) is 22.9. The van der Waals surface area contributed by atoms with Crippen molar-refractivity contribution >= 4 is 23.1 Å². The lowest BCUT2D eigenvalue weighted by molar-refractivity contribution is 0.102. The molecular formula is C26H33N3O2. The zero-order valence-corrected chi connectivity index (χ0v) is 18.8. The fraction of sp³-hybridized carbons (Fsp3) is 0.423. The molecule has 0 radical (unpaired) electrons. The van der Waals surface area contributed by atoms with Gasteiger partial charge in [0.25, 0.3) is 5.91 Å². The van der Waals surface area contributed by atoms with Crippen molar-refractivity contribution in [2.45, 2.75) is 57.4 Å². The number of benzene rings is 2. The summed E-state index contributed by atoms with van der Waals surface area (Å²) in [6.07, 6.45) is 6.79. The minimum absolute atomic E-state index is 0.0936. The van der Waals surface area contributed by atoms with E-state index >= 15 is 0 Å². The molecular weight excluding hydrogens is 386 g/mol. The van der Waals surface area contributed by atoms with Gasteiger partial charge in [-0.1, -0.05) is 31.4 Å². The maximum Gasteiger partial charge on any atom is 0.255 e. The lowest BCUT2D eigenvalue weighted by Gasteiger charge is -2.22. The van der Waals surface area contributed by atoms with E-state index in [-0.39, 0.29) is 23.4 Å². The van der Waals surface area contributed by atoms with Gasteiger partial charge in [-0.25, -0.2) is 0 Å². The summed E-state index contributed by atoms with van der Waals surface area (Å²) < 4.78 is 0. The first-order chi connectivity index (χ1) is 14.8. The molecule has 164 valence electrons. The Balaban J connectivity index is 1.58. The van der Waals surface area contributed by atoms with Crippen LogP contribution in [0, 0.1) is 5.41 Å². The molecule has 5 nitrogen and oxygen atoms in total. The fourth-order valence-electron chi connectivity index (χ4n) is 4.00. The molecule has 2 aromatic rings. The van der Waals surface area contributed by atoms with E-state index in [9.17, 15) is 9.59 Å². The van der Waals surface area contributed by atoms with Gasteiger partial charge in [0.2, 0.25) is 5.78 Å². The van der Waals surface area contributed by atoms with Crippen molar-refractivity contribution in [3.63, 3.8) is 0 Å². The number of hydrogen-bond donors (Lipinski definition) is 2. The third-order valence-corrected chi connectivity index (χ3v) is 6.31. The second-order valence-electron chi connectivity index (χ2n) is 8.81. The monoisotopic (exact) mass is 419 g/mol. The van der Waals surface area contributed by atoms with Crippen molar-refractivity contribution in [2.75, 3.05) is 19.4 Å². The summed E-state index contributed by atoms with van der Waals surface area (Å²) in [6.45, 7) is 1.99. The lowest BCUT2D eigenvalue weighted by atomic mass is 9.84.